The Morgan fingerprint density at radius 3 is 2.88 bits per heavy atom. The Labute approximate surface area is 105 Å². The fraction of sp³-hybridized carbons (Fsp3) is 0.700. The van der Waals surface area contributed by atoms with Crippen molar-refractivity contribution >= 4 is 23.5 Å². The number of nitrogens with one attached hydrogen (secondary N) is 1. The number of nitrogens with zero attached hydrogens (tertiary/aromatic N) is 2. The lowest BCUT2D eigenvalue weighted by Gasteiger charge is -2.34. The fourth-order valence-electron chi connectivity index (χ4n) is 2.05. The van der Waals surface area contributed by atoms with E-state index in [1.165, 1.54) is 11.5 Å². The molecule has 1 saturated heterocycles. The molecule has 0 radical (unpaired) electrons. The van der Waals surface area contributed by atoms with Gasteiger partial charge in [-0.05, 0) is 6.07 Å². The van der Waals surface area contributed by atoms with Crippen molar-refractivity contribution in [3.05, 3.63) is 18.0 Å². The van der Waals surface area contributed by atoms with Crippen LogP contribution in [-0.4, -0.2) is 31.8 Å². The Kier molecular flexibility index (Phi) is 4.18. The van der Waals surface area contributed by atoms with E-state index in [9.17, 15) is 0 Å². The predicted octanol–water partition coefficient (Wildman–Crippen LogP) is 1.16. The van der Waals surface area contributed by atoms with E-state index in [2.05, 4.69) is 17.4 Å². The molecule has 1 aliphatic heterocycles. The maximum absolute atomic E-state index is 5.71. The summed E-state index contributed by atoms with van der Waals surface area (Å²) in [6, 6.07) is 2.22. The summed E-state index contributed by atoms with van der Waals surface area (Å²) in [4.78, 5) is 0. The van der Waals surface area contributed by atoms with Gasteiger partial charge in [0.2, 0.25) is 0 Å². The summed E-state index contributed by atoms with van der Waals surface area (Å²) in [6.45, 7) is 2.28. The number of hydrogen-bond acceptors (Lipinski definition) is 5. The first-order valence-corrected chi connectivity index (χ1v) is 7.51. The summed E-state index contributed by atoms with van der Waals surface area (Å²) in [6.07, 6.45) is 1.82. The maximum atomic E-state index is 5.71. The maximum Gasteiger partial charge on any atom is 0.0757 e. The van der Waals surface area contributed by atoms with E-state index in [4.69, 9.17) is 5.84 Å². The summed E-state index contributed by atoms with van der Waals surface area (Å²) in [5.41, 5.74) is 4.11. The van der Waals surface area contributed by atoms with Crippen LogP contribution in [0.25, 0.3) is 0 Å². The lowest BCUT2D eigenvalue weighted by Crippen LogP contribution is -2.41. The van der Waals surface area contributed by atoms with Gasteiger partial charge in [0.05, 0.1) is 11.7 Å². The lowest BCUT2D eigenvalue weighted by molar-refractivity contribution is 0.490. The zero-order valence-corrected chi connectivity index (χ0v) is 11.2. The van der Waals surface area contributed by atoms with Crippen LogP contribution in [0.2, 0.25) is 0 Å². The molecule has 4 nitrogen and oxygen atoms in total. The molecule has 16 heavy (non-hydrogen) atoms. The fourth-order valence-corrected chi connectivity index (χ4v) is 4.97. The second kappa shape index (κ2) is 5.44. The SMILES string of the molecule is CC1SCCSC1C(NN)c1ccnn1C. The third-order valence-electron chi connectivity index (χ3n) is 2.92. The van der Waals surface area contributed by atoms with Crippen molar-refractivity contribution in [2.24, 2.45) is 12.9 Å². The van der Waals surface area contributed by atoms with Gasteiger partial charge < -0.3 is 0 Å². The van der Waals surface area contributed by atoms with Gasteiger partial charge in [-0.15, -0.1) is 0 Å². The van der Waals surface area contributed by atoms with Gasteiger partial charge in [-0.3, -0.25) is 16.0 Å². The second-order valence-electron chi connectivity index (χ2n) is 3.94. The standard InChI is InChI=1S/C10H18N4S2/c1-7-10(16-6-5-15-7)9(13-11)8-3-4-12-14(8)2/h3-4,7,9-10,13H,5-6,11H2,1-2H3. The molecule has 0 aliphatic carbocycles. The lowest BCUT2D eigenvalue weighted by atomic mass is 10.1. The first-order valence-electron chi connectivity index (χ1n) is 5.41. The van der Waals surface area contributed by atoms with Gasteiger partial charge in [-0.25, -0.2) is 0 Å². The van der Waals surface area contributed by atoms with Gasteiger partial charge in [0.25, 0.3) is 0 Å². The van der Waals surface area contributed by atoms with Crippen LogP contribution in [0.5, 0.6) is 0 Å². The van der Waals surface area contributed by atoms with E-state index < -0.39 is 0 Å². The molecule has 1 aromatic heterocycles. The average Bonchev–Trinajstić information content (AvgIpc) is 2.69. The largest absolute Gasteiger partial charge is 0.271 e. The summed E-state index contributed by atoms with van der Waals surface area (Å²) in [5.74, 6) is 8.16. The third kappa shape index (κ3) is 2.40. The van der Waals surface area contributed by atoms with Gasteiger partial charge in [0.15, 0.2) is 0 Å². The number of hydrazine groups is 1. The highest BCUT2D eigenvalue weighted by Gasteiger charge is 2.32. The molecule has 0 amide bonds. The Bertz CT molecular complexity index is 341. The average molecular weight is 258 g/mol. The molecule has 2 heterocycles. The molecule has 0 spiro atoms. The van der Waals surface area contributed by atoms with Crippen molar-refractivity contribution in [2.45, 2.75) is 23.5 Å². The molecule has 0 saturated carbocycles. The number of nitrogens with two attached hydrogens (primary N) is 1. The van der Waals surface area contributed by atoms with Gasteiger partial charge in [-0.2, -0.15) is 28.6 Å². The van der Waals surface area contributed by atoms with Crippen molar-refractivity contribution in [3.63, 3.8) is 0 Å². The van der Waals surface area contributed by atoms with E-state index in [0.717, 1.165) is 5.69 Å². The van der Waals surface area contributed by atoms with Gasteiger partial charge in [0, 0.05) is 35.3 Å². The van der Waals surface area contributed by atoms with Gasteiger partial charge in [-0.1, -0.05) is 6.92 Å². The van der Waals surface area contributed by atoms with Crippen LogP contribution in [0.3, 0.4) is 0 Å². The molecule has 1 aliphatic rings. The van der Waals surface area contributed by atoms with E-state index in [1.807, 2.05) is 47.5 Å². The molecule has 3 N–H and O–H groups in total. The monoisotopic (exact) mass is 258 g/mol. The topological polar surface area (TPSA) is 55.9 Å². The molecule has 6 heteroatoms. The number of aromatic nitrogens is 2. The highest BCUT2D eigenvalue weighted by atomic mass is 32.2. The minimum Gasteiger partial charge on any atom is -0.271 e. The first-order chi connectivity index (χ1) is 7.74. The minimum atomic E-state index is 0.181. The van der Waals surface area contributed by atoms with E-state index >= 15 is 0 Å². The summed E-state index contributed by atoms with van der Waals surface area (Å²) in [5, 5.41) is 5.34. The van der Waals surface area contributed by atoms with Crippen molar-refractivity contribution < 1.29 is 0 Å². The molecule has 1 aromatic rings. The van der Waals surface area contributed by atoms with E-state index in [1.54, 1.807) is 0 Å². The third-order valence-corrected chi connectivity index (χ3v) is 6.12. The Hall–Kier alpha value is -0.170. The molecule has 3 atom stereocenters. The molecular weight excluding hydrogens is 240 g/mol. The van der Waals surface area contributed by atoms with Crippen LogP contribution >= 0.6 is 23.5 Å². The van der Waals surface area contributed by atoms with Gasteiger partial charge >= 0.3 is 0 Å². The summed E-state index contributed by atoms with van der Waals surface area (Å²) < 4.78 is 1.90. The van der Waals surface area contributed by atoms with Crippen molar-refractivity contribution in [1.82, 2.24) is 15.2 Å². The second-order valence-corrected chi connectivity index (χ2v) is 6.71. The molecular formula is C10H18N4S2. The molecule has 2 rings (SSSR count). The van der Waals surface area contributed by atoms with E-state index in [0.29, 0.717) is 10.5 Å². The minimum absolute atomic E-state index is 0.181. The van der Waals surface area contributed by atoms with Gasteiger partial charge in [0.1, 0.15) is 0 Å². The van der Waals surface area contributed by atoms with Crippen molar-refractivity contribution in [2.75, 3.05) is 11.5 Å². The number of aryl methyl sites for hydroxylation is 1. The quantitative estimate of drug-likeness (QED) is 0.629. The first kappa shape index (κ1) is 12.3. The van der Waals surface area contributed by atoms with Crippen LogP contribution in [-0.2, 0) is 7.05 Å². The van der Waals surface area contributed by atoms with Crippen molar-refractivity contribution in [1.29, 1.82) is 0 Å². The van der Waals surface area contributed by atoms with Crippen LogP contribution in [0, 0.1) is 0 Å². The van der Waals surface area contributed by atoms with Crippen LogP contribution < -0.4 is 11.3 Å². The van der Waals surface area contributed by atoms with Crippen LogP contribution in [0.15, 0.2) is 12.3 Å². The predicted molar refractivity (Wildman–Crippen MR) is 71.4 cm³/mol. The molecule has 0 aromatic carbocycles. The molecule has 3 unspecified atom stereocenters. The van der Waals surface area contributed by atoms with Crippen molar-refractivity contribution in [3.8, 4) is 0 Å². The number of hydrogen-bond donors (Lipinski definition) is 2. The molecule has 1 fully saturated rings. The highest BCUT2D eigenvalue weighted by Crippen LogP contribution is 2.38. The summed E-state index contributed by atoms with van der Waals surface area (Å²) in [7, 11) is 1.96. The molecule has 0 bridgehead atoms. The zero-order valence-electron chi connectivity index (χ0n) is 9.59. The summed E-state index contributed by atoms with van der Waals surface area (Å²) >= 11 is 4.03. The number of rotatable bonds is 3. The molecule has 90 valence electrons. The Morgan fingerprint density at radius 1 is 1.56 bits per heavy atom. The Morgan fingerprint density at radius 2 is 2.31 bits per heavy atom. The smallest absolute Gasteiger partial charge is 0.0757 e. The highest BCUT2D eigenvalue weighted by molar-refractivity contribution is 8.07. The Balaban J connectivity index is 2.18. The van der Waals surface area contributed by atoms with E-state index in [-0.39, 0.29) is 6.04 Å². The normalized spacial score (nSPS) is 27.9. The van der Waals surface area contributed by atoms with Crippen LogP contribution in [0.1, 0.15) is 18.7 Å². The zero-order chi connectivity index (χ0) is 11.5. The number of thioether (sulfide) groups is 2. The van der Waals surface area contributed by atoms with Crippen LogP contribution in [0.4, 0.5) is 0 Å².